The third kappa shape index (κ3) is 8.34. The summed E-state index contributed by atoms with van der Waals surface area (Å²) in [6.45, 7) is 0.489. The molecule has 0 saturated carbocycles. The Bertz CT molecular complexity index is 1520. The summed E-state index contributed by atoms with van der Waals surface area (Å²) < 4.78 is 31.5. The van der Waals surface area contributed by atoms with Crippen molar-refractivity contribution in [2.24, 2.45) is 5.11 Å². The molecule has 1 heterocycles. The average molecular weight is 610 g/mol. The number of carboxylic acid groups (broad SMARTS) is 1. The molecule has 0 amide bonds. The van der Waals surface area contributed by atoms with Crippen molar-refractivity contribution in [3.63, 3.8) is 0 Å². The van der Waals surface area contributed by atoms with E-state index in [1.54, 1.807) is 0 Å². The second-order valence-corrected chi connectivity index (χ2v) is 10.6. The van der Waals surface area contributed by atoms with Gasteiger partial charge in [-0.3, -0.25) is 0 Å². The van der Waals surface area contributed by atoms with Crippen LogP contribution in [-0.4, -0.2) is 47.8 Å². The molecule has 0 unspecified atom stereocenters. The van der Waals surface area contributed by atoms with Gasteiger partial charge in [0, 0.05) is 4.91 Å². The molecule has 1 aliphatic heterocycles. The number of nitrogens with zero attached hydrogens (tertiary/aromatic N) is 3. The van der Waals surface area contributed by atoms with Gasteiger partial charge >= 0.3 is 5.97 Å². The molecule has 0 radical (unpaired) electrons. The highest BCUT2D eigenvalue weighted by Crippen LogP contribution is 2.38. The molecular formula is C35H35N3O7. The van der Waals surface area contributed by atoms with Crippen molar-refractivity contribution in [2.45, 2.75) is 56.6 Å². The van der Waals surface area contributed by atoms with E-state index in [4.69, 9.17) is 23.7 Å². The van der Waals surface area contributed by atoms with Gasteiger partial charge in [-0.25, -0.2) is 4.79 Å². The van der Waals surface area contributed by atoms with E-state index < -0.39 is 36.1 Å². The third-order valence-corrected chi connectivity index (χ3v) is 7.44. The van der Waals surface area contributed by atoms with Crippen molar-refractivity contribution in [1.82, 2.24) is 0 Å². The topological polar surface area (TPSA) is 132 Å². The predicted molar refractivity (Wildman–Crippen MR) is 166 cm³/mol. The number of carbonyl (C=O) groups is 1. The first-order chi connectivity index (χ1) is 22.1. The first-order valence-electron chi connectivity index (χ1n) is 14.6. The molecule has 10 nitrogen and oxygen atoms in total. The zero-order chi connectivity index (χ0) is 31.3. The van der Waals surface area contributed by atoms with Crippen LogP contribution in [0.4, 0.5) is 0 Å². The lowest BCUT2D eigenvalue weighted by molar-refractivity contribution is -0.302. The maximum atomic E-state index is 13.0. The zero-order valence-corrected chi connectivity index (χ0v) is 24.6. The standard InChI is InChI=1S/C35H35N3O7/c36-38-37-35(34(39)40)33(44-24-29-19-11-4-12-20-29)32(43-23-28-17-9-3-10-18-28)31(42-22-27-15-7-2-8-16-27)30(45-35)25-41-21-26-13-5-1-6-14-26/h1-20,30-33H,21-25H2,(H,39,40)/t30-,31+,32+,33-,35-/m1/s1. The van der Waals surface area contributed by atoms with Gasteiger partial charge in [-0.15, -0.1) is 0 Å². The predicted octanol–water partition coefficient (Wildman–Crippen LogP) is 6.45. The van der Waals surface area contributed by atoms with Gasteiger partial charge in [0.1, 0.15) is 24.4 Å². The molecule has 1 fully saturated rings. The summed E-state index contributed by atoms with van der Waals surface area (Å²) in [4.78, 5) is 15.9. The summed E-state index contributed by atoms with van der Waals surface area (Å²) >= 11 is 0. The number of carboxylic acids is 1. The van der Waals surface area contributed by atoms with E-state index in [-0.39, 0.29) is 33.0 Å². The van der Waals surface area contributed by atoms with Gasteiger partial charge in [0.05, 0.1) is 33.0 Å². The van der Waals surface area contributed by atoms with Crippen LogP contribution in [0.2, 0.25) is 0 Å². The van der Waals surface area contributed by atoms with Crippen LogP contribution in [0.15, 0.2) is 126 Å². The molecule has 0 bridgehead atoms. The van der Waals surface area contributed by atoms with E-state index >= 15 is 0 Å². The van der Waals surface area contributed by atoms with Crippen molar-refractivity contribution < 1.29 is 33.6 Å². The molecule has 1 N–H and O–H groups in total. The number of azide groups is 1. The minimum Gasteiger partial charge on any atom is -0.479 e. The minimum absolute atomic E-state index is 0.0105. The summed E-state index contributed by atoms with van der Waals surface area (Å²) in [5.74, 6) is -1.51. The molecule has 1 saturated heterocycles. The molecule has 10 heteroatoms. The Hall–Kier alpha value is -4.54. The van der Waals surface area contributed by atoms with Gasteiger partial charge in [-0.1, -0.05) is 121 Å². The summed E-state index contributed by atoms with van der Waals surface area (Å²) in [6, 6.07) is 37.9. The Morgan fingerprint density at radius 2 is 1.11 bits per heavy atom. The summed E-state index contributed by atoms with van der Waals surface area (Å²) in [6.07, 6.45) is -4.30. The van der Waals surface area contributed by atoms with Crippen LogP contribution >= 0.6 is 0 Å². The monoisotopic (exact) mass is 609 g/mol. The van der Waals surface area contributed by atoms with E-state index in [0.717, 1.165) is 22.3 Å². The van der Waals surface area contributed by atoms with Crippen molar-refractivity contribution in [2.75, 3.05) is 6.61 Å². The van der Waals surface area contributed by atoms with Gasteiger partial charge in [0.25, 0.3) is 5.72 Å². The molecular weight excluding hydrogens is 574 g/mol. The Kier molecular flexibility index (Phi) is 11.3. The lowest BCUT2D eigenvalue weighted by Crippen LogP contribution is -2.69. The lowest BCUT2D eigenvalue weighted by Gasteiger charge is -2.48. The largest absolute Gasteiger partial charge is 0.479 e. The lowest BCUT2D eigenvalue weighted by atomic mass is 9.90. The van der Waals surface area contributed by atoms with E-state index in [0.29, 0.717) is 0 Å². The number of hydrogen-bond acceptors (Lipinski definition) is 7. The number of hydrogen-bond donors (Lipinski definition) is 1. The Morgan fingerprint density at radius 3 is 1.56 bits per heavy atom. The fraction of sp³-hybridized carbons (Fsp3) is 0.286. The average Bonchev–Trinajstić information content (AvgIpc) is 3.08. The molecule has 4 aromatic rings. The Balaban J connectivity index is 1.51. The summed E-state index contributed by atoms with van der Waals surface area (Å²) in [5, 5.41) is 14.3. The van der Waals surface area contributed by atoms with Gasteiger partial charge in [0.2, 0.25) is 0 Å². The maximum Gasteiger partial charge on any atom is 0.345 e. The van der Waals surface area contributed by atoms with Gasteiger partial charge in [-0.05, 0) is 32.9 Å². The van der Waals surface area contributed by atoms with Crippen LogP contribution in [0.25, 0.3) is 10.4 Å². The fourth-order valence-electron chi connectivity index (χ4n) is 5.22. The van der Waals surface area contributed by atoms with Crippen LogP contribution in [0.5, 0.6) is 0 Å². The van der Waals surface area contributed by atoms with E-state index in [9.17, 15) is 15.4 Å². The van der Waals surface area contributed by atoms with E-state index in [1.807, 2.05) is 121 Å². The summed E-state index contributed by atoms with van der Waals surface area (Å²) in [5.41, 5.74) is 10.6. The molecule has 0 spiro atoms. The van der Waals surface area contributed by atoms with Crippen LogP contribution in [0.1, 0.15) is 22.3 Å². The molecule has 45 heavy (non-hydrogen) atoms. The van der Waals surface area contributed by atoms with Crippen LogP contribution < -0.4 is 0 Å². The van der Waals surface area contributed by atoms with Crippen molar-refractivity contribution in [3.05, 3.63) is 154 Å². The van der Waals surface area contributed by atoms with Crippen LogP contribution in [-0.2, 0) is 54.9 Å². The minimum atomic E-state index is -2.47. The highest BCUT2D eigenvalue weighted by atomic mass is 16.6. The molecule has 4 aromatic carbocycles. The molecule has 5 rings (SSSR count). The van der Waals surface area contributed by atoms with Crippen LogP contribution in [0.3, 0.4) is 0 Å². The quantitative estimate of drug-likeness (QED) is 0.0931. The molecule has 1 aliphatic rings. The molecule has 5 atom stereocenters. The molecule has 232 valence electrons. The van der Waals surface area contributed by atoms with Gasteiger partial charge in [0.15, 0.2) is 0 Å². The molecule has 0 aliphatic carbocycles. The second-order valence-electron chi connectivity index (χ2n) is 10.6. The summed E-state index contributed by atoms with van der Waals surface area (Å²) in [7, 11) is 0. The Morgan fingerprint density at radius 1 is 0.689 bits per heavy atom. The maximum absolute atomic E-state index is 13.0. The molecule has 0 aromatic heterocycles. The van der Waals surface area contributed by atoms with Crippen molar-refractivity contribution >= 4 is 5.97 Å². The highest BCUT2D eigenvalue weighted by Gasteiger charge is 2.61. The highest BCUT2D eigenvalue weighted by molar-refractivity contribution is 5.78. The van der Waals surface area contributed by atoms with Crippen LogP contribution in [0, 0.1) is 0 Å². The normalized spacial score (nSPS) is 22.8. The number of benzene rings is 4. The zero-order valence-electron chi connectivity index (χ0n) is 24.6. The second kappa shape index (κ2) is 16.0. The Labute approximate surface area is 261 Å². The van der Waals surface area contributed by atoms with Gasteiger partial charge in [-0.2, -0.15) is 0 Å². The van der Waals surface area contributed by atoms with Crippen molar-refractivity contribution in [1.29, 1.82) is 0 Å². The fourth-order valence-corrected chi connectivity index (χ4v) is 5.22. The number of rotatable bonds is 15. The van der Waals surface area contributed by atoms with Crippen molar-refractivity contribution in [3.8, 4) is 0 Å². The number of aliphatic carboxylic acids is 1. The van der Waals surface area contributed by atoms with E-state index in [1.165, 1.54) is 0 Å². The SMILES string of the molecule is [N-]=[N+]=N[C@@]1(C(=O)O)O[C@H](COCc2ccccc2)[C@H](OCc2ccccc2)[C@H](OCc2ccccc2)[C@H]1OCc1ccccc1. The third-order valence-electron chi connectivity index (χ3n) is 7.44. The number of ether oxygens (including phenoxy) is 5. The van der Waals surface area contributed by atoms with Gasteiger partial charge < -0.3 is 28.8 Å². The van der Waals surface area contributed by atoms with E-state index in [2.05, 4.69) is 10.0 Å². The smallest absolute Gasteiger partial charge is 0.345 e. The first-order valence-corrected chi connectivity index (χ1v) is 14.6. The first kappa shape index (κ1) is 31.9.